The number of nitrogens with two attached hydrogens (primary N) is 1. The molecule has 0 spiro atoms. The fourth-order valence-electron chi connectivity index (χ4n) is 1.72. The number of nitrogen functional groups attached to an aromatic ring is 1. The van der Waals surface area contributed by atoms with Crippen LogP contribution in [-0.2, 0) is 0 Å². The Hall–Kier alpha value is -2.23. The van der Waals surface area contributed by atoms with E-state index < -0.39 is 23.0 Å². The molecular weight excluding hydrogens is 236 g/mol. The fraction of sp³-hybridized carbons (Fsp3) is 0.0714. The summed E-state index contributed by atoms with van der Waals surface area (Å²) in [6, 6.07) is 8.08. The number of hydrogen-bond acceptors (Lipinski definition) is 2. The minimum absolute atomic E-state index is 0.110. The third-order valence-corrected chi connectivity index (χ3v) is 2.64. The highest BCUT2D eigenvalue weighted by Crippen LogP contribution is 2.21. The van der Waals surface area contributed by atoms with Gasteiger partial charge in [-0.15, -0.1) is 0 Å². The first-order chi connectivity index (χ1) is 8.50. The Labute approximate surface area is 103 Å². The highest BCUT2D eigenvalue weighted by atomic mass is 19.1. The first kappa shape index (κ1) is 12.2. The Bertz CT molecular complexity index is 603. The van der Waals surface area contributed by atoms with E-state index in [2.05, 4.69) is 0 Å². The Morgan fingerprint density at radius 1 is 1.11 bits per heavy atom. The van der Waals surface area contributed by atoms with Gasteiger partial charge in [-0.1, -0.05) is 17.7 Å². The van der Waals surface area contributed by atoms with E-state index in [1.807, 2.05) is 0 Å². The van der Waals surface area contributed by atoms with E-state index in [9.17, 15) is 13.6 Å². The monoisotopic (exact) mass is 247 g/mol. The minimum atomic E-state index is -0.888. The van der Waals surface area contributed by atoms with Crippen molar-refractivity contribution in [3.05, 3.63) is 64.7 Å². The summed E-state index contributed by atoms with van der Waals surface area (Å²) in [5.41, 5.74) is 6.20. The van der Waals surface area contributed by atoms with Crippen molar-refractivity contribution in [2.45, 2.75) is 6.92 Å². The molecule has 0 aliphatic carbocycles. The quantitative estimate of drug-likeness (QED) is 0.654. The zero-order chi connectivity index (χ0) is 13.3. The number of aryl methyl sites for hydroxylation is 1. The number of ketones is 1. The summed E-state index contributed by atoms with van der Waals surface area (Å²) in [5.74, 6) is -2.52. The van der Waals surface area contributed by atoms with Crippen molar-refractivity contribution in [1.29, 1.82) is 0 Å². The van der Waals surface area contributed by atoms with E-state index in [4.69, 9.17) is 5.73 Å². The molecule has 0 atom stereocenters. The lowest BCUT2D eigenvalue weighted by molar-refractivity contribution is 0.103. The van der Waals surface area contributed by atoms with Crippen molar-refractivity contribution < 1.29 is 13.6 Å². The zero-order valence-electron chi connectivity index (χ0n) is 9.71. The van der Waals surface area contributed by atoms with Crippen molar-refractivity contribution >= 4 is 11.5 Å². The second-order valence-electron chi connectivity index (χ2n) is 4.02. The molecule has 92 valence electrons. The molecule has 0 heterocycles. The molecule has 0 saturated carbocycles. The second kappa shape index (κ2) is 4.56. The average Bonchev–Trinajstić information content (AvgIpc) is 2.32. The smallest absolute Gasteiger partial charge is 0.201 e. The van der Waals surface area contributed by atoms with Crippen LogP contribution in [0.2, 0.25) is 0 Å². The lowest BCUT2D eigenvalue weighted by Gasteiger charge is -2.07. The van der Waals surface area contributed by atoms with Gasteiger partial charge in [0.25, 0.3) is 0 Å². The largest absolute Gasteiger partial charge is 0.398 e. The molecule has 0 unspecified atom stereocenters. The molecule has 4 heteroatoms. The number of halogens is 2. The van der Waals surface area contributed by atoms with E-state index in [0.29, 0.717) is 0 Å². The zero-order valence-corrected chi connectivity index (χ0v) is 9.71. The van der Waals surface area contributed by atoms with Crippen LogP contribution < -0.4 is 5.73 Å². The molecule has 0 aliphatic heterocycles. The first-order valence-electron chi connectivity index (χ1n) is 5.35. The standard InChI is InChI=1S/C14H11F2NO/c1-8-5-6-12(17)9(7-8)14(18)13-10(15)3-2-4-11(13)16/h2-7H,17H2,1H3. The van der Waals surface area contributed by atoms with Crippen LogP contribution in [0.4, 0.5) is 14.5 Å². The average molecular weight is 247 g/mol. The van der Waals surface area contributed by atoms with Crippen molar-refractivity contribution in [3.63, 3.8) is 0 Å². The predicted molar refractivity (Wildman–Crippen MR) is 65.4 cm³/mol. The predicted octanol–water partition coefficient (Wildman–Crippen LogP) is 3.09. The molecule has 0 saturated heterocycles. The van der Waals surface area contributed by atoms with Gasteiger partial charge in [-0.25, -0.2) is 8.78 Å². The Morgan fingerprint density at radius 2 is 1.72 bits per heavy atom. The molecule has 18 heavy (non-hydrogen) atoms. The van der Waals surface area contributed by atoms with Crippen LogP contribution in [0.3, 0.4) is 0 Å². The summed E-state index contributed by atoms with van der Waals surface area (Å²) in [7, 11) is 0. The van der Waals surface area contributed by atoms with Crippen molar-refractivity contribution in [2.24, 2.45) is 0 Å². The van der Waals surface area contributed by atoms with E-state index in [1.54, 1.807) is 19.1 Å². The van der Waals surface area contributed by atoms with Crippen LogP contribution in [0.1, 0.15) is 21.5 Å². The highest BCUT2D eigenvalue weighted by Gasteiger charge is 2.20. The molecule has 2 aromatic rings. The van der Waals surface area contributed by atoms with E-state index in [-0.39, 0.29) is 11.3 Å². The Kier molecular flexibility index (Phi) is 3.10. The van der Waals surface area contributed by atoms with Crippen molar-refractivity contribution in [1.82, 2.24) is 0 Å². The number of hydrogen-bond donors (Lipinski definition) is 1. The van der Waals surface area contributed by atoms with Crippen molar-refractivity contribution in [2.75, 3.05) is 5.73 Å². The molecule has 0 fully saturated rings. The molecule has 2 N–H and O–H groups in total. The highest BCUT2D eigenvalue weighted by molar-refractivity contribution is 6.12. The van der Waals surface area contributed by atoms with Gasteiger partial charge in [0.2, 0.25) is 5.78 Å². The van der Waals surface area contributed by atoms with Crippen molar-refractivity contribution in [3.8, 4) is 0 Å². The topological polar surface area (TPSA) is 43.1 Å². The molecule has 2 rings (SSSR count). The second-order valence-corrected chi connectivity index (χ2v) is 4.02. The van der Waals surface area contributed by atoms with Gasteiger partial charge in [0.1, 0.15) is 11.6 Å². The maximum Gasteiger partial charge on any atom is 0.201 e. The van der Waals surface area contributed by atoms with E-state index in [1.165, 1.54) is 12.1 Å². The lowest BCUT2D eigenvalue weighted by Crippen LogP contribution is -2.10. The van der Waals surface area contributed by atoms with Gasteiger partial charge in [0, 0.05) is 11.3 Å². The van der Waals surface area contributed by atoms with Gasteiger partial charge >= 0.3 is 0 Å². The molecule has 0 amide bonds. The van der Waals surface area contributed by atoms with Crippen LogP contribution in [0.15, 0.2) is 36.4 Å². The fourth-order valence-corrected chi connectivity index (χ4v) is 1.72. The van der Waals surface area contributed by atoms with E-state index in [0.717, 1.165) is 17.7 Å². The van der Waals surface area contributed by atoms with Gasteiger partial charge in [-0.05, 0) is 31.2 Å². The van der Waals surface area contributed by atoms with E-state index >= 15 is 0 Å². The number of benzene rings is 2. The van der Waals surface area contributed by atoms with Gasteiger partial charge in [-0.3, -0.25) is 4.79 Å². The SMILES string of the molecule is Cc1ccc(N)c(C(=O)c2c(F)cccc2F)c1. The molecule has 0 aromatic heterocycles. The van der Waals surface area contributed by atoms with Crippen LogP contribution in [0, 0.1) is 18.6 Å². The normalized spacial score (nSPS) is 10.4. The van der Waals surface area contributed by atoms with Crippen LogP contribution in [-0.4, -0.2) is 5.78 Å². The molecule has 0 bridgehead atoms. The lowest BCUT2D eigenvalue weighted by atomic mass is 9.99. The Morgan fingerprint density at radius 3 is 2.33 bits per heavy atom. The van der Waals surface area contributed by atoms with Gasteiger partial charge in [-0.2, -0.15) is 0 Å². The molecular formula is C14H11F2NO. The molecule has 2 aromatic carbocycles. The third-order valence-electron chi connectivity index (χ3n) is 2.64. The number of anilines is 1. The van der Waals surface area contributed by atoms with Crippen LogP contribution in [0.25, 0.3) is 0 Å². The molecule has 0 radical (unpaired) electrons. The van der Waals surface area contributed by atoms with Gasteiger partial charge in [0.05, 0.1) is 5.56 Å². The Balaban J connectivity index is 2.58. The number of rotatable bonds is 2. The number of carbonyl (C=O) groups excluding carboxylic acids is 1. The summed E-state index contributed by atoms with van der Waals surface area (Å²) < 4.78 is 27.0. The summed E-state index contributed by atoms with van der Waals surface area (Å²) in [6.07, 6.45) is 0. The summed E-state index contributed by atoms with van der Waals surface area (Å²) in [6.45, 7) is 1.77. The minimum Gasteiger partial charge on any atom is -0.398 e. The van der Waals surface area contributed by atoms with Gasteiger partial charge < -0.3 is 5.73 Å². The van der Waals surface area contributed by atoms with Crippen LogP contribution in [0.5, 0.6) is 0 Å². The molecule has 2 nitrogen and oxygen atoms in total. The maximum absolute atomic E-state index is 13.5. The first-order valence-corrected chi connectivity index (χ1v) is 5.35. The third kappa shape index (κ3) is 2.09. The van der Waals surface area contributed by atoms with Crippen LogP contribution >= 0.6 is 0 Å². The maximum atomic E-state index is 13.5. The molecule has 0 aliphatic rings. The van der Waals surface area contributed by atoms with Gasteiger partial charge in [0.15, 0.2) is 0 Å². The summed E-state index contributed by atoms with van der Waals surface area (Å²) >= 11 is 0. The summed E-state index contributed by atoms with van der Waals surface area (Å²) in [5, 5.41) is 0. The number of carbonyl (C=O) groups is 1. The summed E-state index contributed by atoms with van der Waals surface area (Å²) in [4.78, 5) is 12.1.